The van der Waals surface area contributed by atoms with Crippen molar-refractivity contribution in [3.05, 3.63) is 59.2 Å². The number of primary amides is 1. The monoisotopic (exact) mass is 312 g/mol. The van der Waals surface area contributed by atoms with E-state index in [0.29, 0.717) is 11.4 Å². The molecule has 0 saturated heterocycles. The average molecular weight is 312 g/mol. The third-order valence-corrected chi connectivity index (χ3v) is 3.61. The zero-order valence-electron chi connectivity index (χ0n) is 13.4. The van der Waals surface area contributed by atoms with E-state index >= 15 is 0 Å². The minimum absolute atomic E-state index is 0.263. The summed E-state index contributed by atoms with van der Waals surface area (Å²) in [6.45, 7) is 5.64. The molecule has 0 heterocycles. The van der Waals surface area contributed by atoms with E-state index in [2.05, 4.69) is 5.32 Å². The zero-order valence-corrected chi connectivity index (χ0v) is 13.4. The third kappa shape index (κ3) is 4.10. The highest BCUT2D eigenvalue weighted by Crippen LogP contribution is 2.19. The first kappa shape index (κ1) is 16.5. The number of carbonyl (C=O) groups excluding carboxylic acids is 2. The number of carbonyl (C=O) groups is 2. The Balaban J connectivity index is 2.08. The van der Waals surface area contributed by atoms with Crippen LogP contribution in [0.1, 0.15) is 28.4 Å². The molecule has 2 aromatic rings. The average Bonchev–Trinajstić information content (AvgIpc) is 2.51. The maximum Gasteiger partial charge on any atom is 0.265 e. The number of hydrogen-bond donors (Lipinski definition) is 2. The van der Waals surface area contributed by atoms with Gasteiger partial charge in [-0.05, 0) is 56.2 Å². The van der Waals surface area contributed by atoms with E-state index in [0.717, 1.165) is 11.1 Å². The number of rotatable bonds is 5. The fraction of sp³-hybridized carbons (Fsp3) is 0.222. The van der Waals surface area contributed by atoms with Crippen LogP contribution < -0.4 is 15.8 Å². The van der Waals surface area contributed by atoms with Crippen molar-refractivity contribution in [3.63, 3.8) is 0 Å². The van der Waals surface area contributed by atoms with Gasteiger partial charge in [-0.1, -0.05) is 18.2 Å². The van der Waals surface area contributed by atoms with Crippen LogP contribution in [0.5, 0.6) is 5.75 Å². The molecule has 5 nitrogen and oxygen atoms in total. The van der Waals surface area contributed by atoms with Crippen molar-refractivity contribution >= 4 is 17.5 Å². The van der Waals surface area contributed by atoms with Crippen molar-refractivity contribution in [3.8, 4) is 5.75 Å². The van der Waals surface area contributed by atoms with Crippen LogP contribution in [-0.4, -0.2) is 17.9 Å². The van der Waals surface area contributed by atoms with Gasteiger partial charge in [0.2, 0.25) is 0 Å². The summed E-state index contributed by atoms with van der Waals surface area (Å²) in [5.74, 6) is -0.320. The smallest absolute Gasteiger partial charge is 0.265 e. The molecule has 0 aliphatic rings. The topological polar surface area (TPSA) is 81.4 Å². The van der Waals surface area contributed by atoms with Crippen LogP contribution in [0.4, 0.5) is 5.69 Å². The van der Waals surface area contributed by atoms with Crippen LogP contribution in [0, 0.1) is 13.8 Å². The fourth-order valence-electron chi connectivity index (χ4n) is 2.09. The summed E-state index contributed by atoms with van der Waals surface area (Å²) in [4.78, 5) is 23.6. The van der Waals surface area contributed by atoms with Gasteiger partial charge >= 0.3 is 0 Å². The van der Waals surface area contributed by atoms with Crippen LogP contribution in [0.2, 0.25) is 0 Å². The van der Waals surface area contributed by atoms with Gasteiger partial charge in [0.1, 0.15) is 5.75 Å². The van der Waals surface area contributed by atoms with E-state index < -0.39 is 12.0 Å². The summed E-state index contributed by atoms with van der Waals surface area (Å²) >= 11 is 0. The number of ether oxygens (including phenoxy) is 1. The first-order valence-corrected chi connectivity index (χ1v) is 7.32. The Morgan fingerprint density at radius 2 is 1.78 bits per heavy atom. The van der Waals surface area contributed by atoms with Gasteiger partial charge in [0.15, 0.2) is 6.10 Å². The maximum atomic E-state index is 12.3. The van der Waals surface area contributed by atoms with Crippen LogP contribution in [0.15, 0.2) is 42.5 Å². The quantitative estimate of drug-likeness (QED) is 0.890. The maximum absolute atomic E-state index is 12.3. The largest absolute Gasteiger partial charge is 0.481 e. The van der Waals surface area contributed by atoms with E-state index in [1.807, 2.05) is 32.0 Å². The molecule has 0 saturated carbocycles. The van der Waals surface area contributed by atoms with E-state index in [1.54, 1.807) is 31.2 Å². The summed E-state index contributed by atoms with van der Waals surface area (Å²) < 4.78 is 5.66. The molecule has 5 heteroatoms. The van der Waals surface area contributed by atoms with Gasteiger partial charge < -0.3 is 15.8 Å². The molecule has 0 bridgehead atoms. The molecule has 0 aliphatic heterocycles. The lowest BCUT2D eigenvalue weighted by Gasteiger charge is -2.16. The Morgan fingerprint density at radius 3 is 2.43 bits per heavy atom. The van der Waals surface area contributed by atoms with Crippen molar-refractivity contribution in [1.29, 1.82) is 0 Å². The minimum Gasteiger partial charge on any atom is -0.481 e. The second kappa shape index (κ2) is 6.96. The minimum atomic E-state index is -0.710. The molecule has 1 atom stereocenters. The van der Waals surface area contributed by atoms with Gasteiger partial charge in [-0.2, -0.15) is 0 Å². The SMILES string of the molecule is Cc1ccc(O[C@@H](C)C(=O)Nc2ccccc2C(N)=O)cc1C. The molecule has 0 aliphatic carbocycles. The Hall–Kier alpha value is -2.82. The van der Waals surface area contributed by atoms with E-state index in [1.165, 1.54) is 0 Å². The van der Waals surface area contributed by atoms with Crippen molar-refractivity contribution in [2.75, 3.05) is 5.32 Å². The van der Waals surface area contributed by atoms with Crippen molar-refractivity contribution < 1.29 is 14.3 Å². The van der Waals surface area contributed by atoms with Crippen molar-refractivity contribution in [1.82, 2.24) is 0 Å². The molecule has 0 spiro atoms. The molecule has 23 heavy (non-hydrogen) atoms. The highest BCUT2D eigenvalue weighted by Gasteiger charge is 2.17. The molecule has 2 amide bonds. The van der Waals surface area contributed by atoms with Gasteiger partial charge in [0.05, 0.1) is 11.3 Å². The number of benzene rings is 2. The van der Waals surface area contributed by atoms with Gasteiger partial charge in [-0.3, -0.25) is 9.59 Å². The number of aryl methyl sites for hydroxylation is 2. The zero-order chi connectivity index (χ0) is 17.0. The Morgan fingerprint density at radius 1 is 1.09 bits per heavy atom. The first-order valence-electron chi connectivity index (χ1n) is 7.32. The van der Waals surface area contributed by atoms with E-state index in [-0.39, 0.29) is 11.5 Å². The van der Waals surface area contributed by atoms with Crippen LogP contribution in [0.3, 0.4) is 0 Å². The van der Waals surface area contributed by atoms with E-state index in [4.69, 9.17) is 10.5 Å². The van der Waals surface area contributed by atoms with Crippen molar-refractivity contribution in [2.45, 2.75) is 26.9 Å². The van der Waals surface area contributed by atoms with Crippen LogP contribution in [-0.2, 0) is 4.79 Å². The van der Waals surface area contributed by atoms with E-state index in [9.17, 15) is 9.59 Å². The van der Waals surface area contributed by atoms with Gasteiger partial charge in [-0.15, -0.1) is 0 Å². The summed E-state index contributed by atoms with van der Waals surface area (Å²) in [6, 6.07) is 12.2. The number of anilines is 1. The second-order valence-corrected chi connectivity index (χ2v) is 5.41. The lowest BCUT2D eigenvalue weighted by molar-refractivity contribution is -0.122. The lowest BCUT2D eigenvalue weighted by atomic mass is 10.1. The number of nitrogens with two attached hydrogens (primary N) is 1. The molecule has 0 unspecified atom stereocenters. The normalized spacial score (nSPS) is 11.6. The Labute approximate surface area is 135 Å². The van der Waals surface area contributed by atoms with Crippen LogP contribution in [0.25, 0.3) is 0 Å². The van der Waals surface area contributed by atoms with Crippen LogP contribution >= 0.6 is 0 Å². The predicted molar refractivity (Wildman–Crippen MR) is 89.6 cm³/mol. The lowest BCUT2D eigenvalue weighted by Crippen LogP contribution is -2.31. The third-order valence-electron chi connectivity index (χ3n) is 3.61. The summed E-state index contributed by atoms with van der Waals surface area (Å²) in [5, 5.41) is 2.67. The highest BCUT2D eigenvalue weighted by molar-refractivity contribution is 6.03. The summed E-state index contributed by atoms with van der Waals surface area (Å²) in [7, 11) is 0. The van der Waals surface area contributed by atoms with Gasteiger partial charge in [0.25, 0.3) is 11.8 Å². The van der Waals surface area contributed by atoms with Gasteiger partial charge in [0, 0.05) is 0 Å². The molecule has 3 N–H and O–H groups in total. The number of nitrogens with one attached hydrogen (secondary N) is 1. The molecule has 0 aromatic heterocycles. The predicted octanol–water partition coefficient (Wildman–Crippen LogP) is 2.81. The summed E-state index contributed by atoms with van der Waals surface area (Å²) in [6.07, 6.45) is -0.710. The Bertz CT molecular complexity index is 741. The Kier molecular flexibility index (Phi) is 5.01. The van der Waals surface area contributed by atoms with Gasteiger partial charge in [-0.25, -0.2) is 0 Å². The second-order valence-electron chi connectivity index (χ2n) is 5.41. The number of amides is 2. The molecule has 0 fully saturated rings. The molecular formula is C18H20N2O3. The standard InChI is InChI=1S/C18H20N2O3/c1-11-8-9-14(10-12(11)2)23-13(3)18(22)20-16-7-5-4-6-15(16)17(19)21/h4-10,13H,1-3H3,(H2,19,21)(H,20,22)/t13-/m0/s1. The highest BCUT2D eigenvalue weighted by atomic mass is 16.5. The molecular weight excluding hydrogens is 292 g/mol. The summed E-state index contributed by atoms with van der Waals surface area (Å²) in [5.41, 5.74) is 8.19. The number of para-hydroxylation sites is 1. The molecule has 0 radical (unpaired) electrons. The fourth-order valence-corrected chi connectivity index (χ4v) is 2.09. The number of hydrogen-bond acceptors (Lipinski definition) is 3. The first-order chi connectivity index (χ1) is 10.9. The van der Waals surface area contributed by atoms with Crippen molar-refractivity contribution in [2.24, 2.45) is 5.73 Å². The molecule has 120 valence electrons. The molecule has 2 rings (SSSR count). The molecule has 2 aromatic carbocycles.